The van der Waals surface area contributed by atoms with Crippen LogP contribution in [-0.4, -0.2) is 4.99 Å². The molecule has 0 saturated heterocycles. The molecule has 104 valence electrons. The van der Waals surface area contributed by atoms with Gasteiger partial charge in [0.15, 0.2) is 0 Å². The molecule has 0 aliphatic carbocycles. The first-order chi connectivity index (χ1) is 9.38. The first kappa shape index (κ1) is 14.7. The van der Waals surface area contributed by atoms with E-state index in [9.17, 15) is 8.78 Å². The molecule has 0 fully saturated rings. The van der Waals surface area contributed by atoms with Crippen molar-refractivity contribution in [1.82, 2.24) is 0 Å². The largest absolute Gasteiger partial charge is 0.389 e. The predicted molar refractivity (Wildman–Crippen MR) is 81.7 cm³/mol. The topological polar surface area (TPSA) is 38.0 Å². The molecule has 0 aliphatic rings. The second-order valence-electron chi connectivity index (χ2n) is 4.27. The van der Waals surface area contributed by atoms with Crippen LogP contribution in [-0.2, 0) is 0 Å². The average Bonchev–Trinajstić information content (AvgIpc) is 2.37. The summed E-state index contributed by atoms with van der Waals surface area (Å²) in [6, 6.07) is 7.20. The minimum atomic E-state index is -0.774. The Labute approximate surface area is 125 Å². The maximum absolute atomic E-state index is 13.9. The Hall–Kier alpha value is -1.72. The standard InChI is InChI=1S/C14H11ClF2N2S/c1-7-2-3-9(6-10(7)15)19-13-11(16)4-8(14(18)20)5-12(13)17/h2-6,19H,1H3,(H2,18,20). The second kappa shape index (κ2) is 5.73. The van der Waals surface area contributed by atoms with E-state index in [2.05, 4.69) is 5.32 Å². The van der Waals surface area contributed by atoms with Gasteiger partial charge >= 0.3 is 0 Å². The number of benzene rings is 2. The van der Waals surface area contributed by atoms with Gasteiger partial charge in [-0.3, -0.25) is 0 Å². The monoisotopic (exact) mass is 312 g/mol. The van der Waals surface area contributed by atoms with E-state index in [1.807, 2.05) is 6.92 Å². The number of thiocarbonyl (C=S) groups is 1. The van der Waals surface area contributed by atoms with E-state index in [0.29, 0.717) is 10.7 Å². The van der Waals surface area contributed by atoms with E-state index >= 15 is 0 Å². The Morgan fingerprint density at radius 3 is 2.30 bits per heavy atom. The number of nitrogens with one attached hydrogen (secondary N) is 1. The smallest absolute Gasteiger partial charge is 0.150 e. The van der Waals surface area contributed by atoms with Gasteiger partial charge in [-0.25, -0.2) is 8.78 Å². The Morgan fingerprint density at radius 1 is 1.20 bits per heavy atom. The SMILES string of the molecule is Cc1ccc(Nc2c(F)cc(C(N)=S)cc2F)cc1Cl. The first-order valence-electron chi connectivity index (χ1n) is 5.70. The third-order valence-electron chi connectivity index (χ3n) is 2.77. The molecular formula is C14H11ClF2N2S. The van der Waals surface area contributed by atoms with Gasteiger partial charge in [0.25, 0.3) is 0 Å². The molecule has 0 bridgehead atoms. The van der Waals surface area contributed by atoms with Crippen molar-refractivity contribution >= 4 is 40.2 Å². The van der Waals surface area contributed by atoms with E-state index in [4.69, 9.17) is 29.6 Å². The number of halogens is 3. The van der Waals surface area contributed by atoms with Crippen LogP contribution in [0.15, 0.2) is 30.3 Å². The fourth-order valence-electron chi connectivity index (χ4n) is 1.65. The summed E-state index contributed by atoms with van der Waals surface area (Å²) < 4.78 is 27.8. The zero-order valence-corrected chi connectivity index (χ0v) is 12.1. The Morgan fingerprint density at radius 2 is 1.80 bits per heavy atom. The van der Waals surface area contributed by atoms with Crippen molar-refractivity contribution in [3.8, 4) is 0 Å². The van der Waals surface area contributed by atoms with Crippen molar-refractivity contribution in [3.63, 3.8) is 0 Å². The lowest BCUT2D eigenvalue weighted by atomic mass is 10.1. The summed E-state index contributed by atoms with van der Waals surface area (Å²) >= 11 is 10.7. The van der Waals surface area contributed by atoms with Gasteiger partial charge in [-0.1, -0.05) is 29.9 Å². The summed E-state index contributed by atoms with van der Waals surface area (Å²) in [5.41, 5.74) is 6.58. The van der Waals surface area contributed by atoms with E-state index < -0.39 is 11.6 Å². The van der Waals surface area contributed by atoms with Gasteiger partial charge in [0, 0.05) is 16.3 Å². The minimum Gasteiger partial charge on any atom is -0.389 e. The summed E-state index contributed by atoms with van der Waals surface area (Å²) in [6.45, 7) is 1.84. The molecule has 6 heteroatoms. The number of aryl methyl sites for hydroxylation is 1. The molecule has 0 amide bonds. The summed E-state index contributed by atoms with van der Waals surface area (Å²) in [5, 5.41) is 3.17. The van der Waals surface area contributed by atoms with Crippen LogP contribution in [0.5, 0.6) is 0 Å². The molecular weight excluding hydrogens is 302 g/mol. The molecule has 2 aromatic carbocycles. The second-order valence-corrected chi connectivity index (χ2v) is 5.12. The van der Waals surface area contributed by atoms with Gasteiger partial charge in [0.2, 0.25) is 0 Å². The highest BCUT2D eigenvalue weighted by Crippen LogP contribution is 2.27. The fraction of sp³-hybridized carbons (Fsp3) is 0.0714. The summed E-state index contributed by atoms with van der Waals surface area (Å²) in [4.78, 5) is -0.0623. The fourth-order valence-corrected chi connectivity index (χ4v) is 1.95. The highest BCUT2D eigenvalue weighted by Gasteiger charge is 2.13. The molecule has 0 atom stereocenters. The Kier molecular flexibility index (Phi) is 4.20. The van der Waals surface area contributed by atoms with Crippen LogP contribution in [0.4, 0.5) is 20.2 Å². The zero-order valence-electron chi connectivity index (χ0n) is 10.5. The van der Waals surface area contributed by atoms with Crippen LogP contribution >= 0.6 is 23.8 Å². The molecule has 0 aliphatic heterocycles. The molecule has 0 spiro atoms. The van der Waals surface area contributed by atoms with Gasteiger partial charge in [-0.15, -0.1) is 0 Å². The number of nitrogens with two attached hydrogens (primary N) is 1. The summed E-state index contributed by atoms with van der Waals surface area (Å²) in [7, 11) is 0. The third-order valence-corrected chi connectivity index (χ3v) is 3.41. The molecule has 3 N–H and O–H groups in total. The highest BCUT2D eigenvalue weighted by atomic mass is 35.5. The van der Waals surface area contributed by atoms with Gasteiger partial charge in [0.1, 0.15) is 22.3 Å². The van der Waals surface area contributed by atoms with Crippen LogP contribution in [0.2, 0.25) is 5.02 Å². The van der Waals surface area contributed by atoms with Crippen LogP contribution in [0.3, 0.4) is 0 Å². The maximum Gasteiger partial charge on any atom is 0.150 e. The van der Waals surface area contributed by atoms with Crippen molar-refractivity contribution < 1.29 is 8.78 Å². The average molecular weight is 313 g/mol. The molecule has 0 unspecified atom stereocenters. The number of rotatable bonds is 3. The molecule has 20 heavy (non-hydrogen) atoms. The quantitative estimate of drug-likeness (QED) is 0.830. The number of anilines is 2. The van der Waals surface area contributed by atoms with Gasteiger partial charge in [-0.05, 0) is 36.8 Å². The van der Waals surface area contributed by atoms with Crippen LogP contribution in [0.25, 0.3) is 0 Å². The molecule has 2 aromatic rings. The first-order valence-corrected chi connectivity index (χ1v) is 6.49. The highest BCUT2D eigenvalue weighted by molar-refractivity contribution is 7.80. The number of hydrogen-bond acceptors (Lipinski definition) is 2. The van der Waals surface area contributed by atoms with Crippen molar-refractivity contribution in [3.05, 3.63) is 58.1 Å². The van der Waals surface area contributed by atoms with Gasteiger partial charge in [-0.2, -0.15) is 0 Å². The maximum atomic E-state index is 13.9. The van der Waals surface area contributed by atoms with Crippen LogP contribution in [0.1, 0.15) is 11.1 Å². The predicted octanol–water partition coefficient (Wildman–Crippen LogP) is 4.30. The third kappa shape index (κ3) is 3.05. The molecule has 0 aromatic heterocycles. The Bertz CT molecular complexity index is 666. The van der Waals surface area contributed by atoms with E-state index in [1.165, 1.54) is 0 Å². The van der Waals surface area contributed by atoms with Crippen molar-refractivity contribution in [2.75, 3.05) is 5.32 Å². The number of hydrogen-bond donors (Lipinski definition) is 2. The van der Waals surface area contributed by atoms with Crippen molar-refractivity contribution in [2.24, 2.45) is 5.73 Å². The molecule has 2 nitrogen and oxygen atoms in total. The molecule has 2 rings (SSSR count). The van der Waals surface area contributed by atoms with Gasteiger partial charge < -0.3 is 11.1 Å². The lowest BCUT2D eigenvalue weighted by Gasteiger charge is -2.11. The van der Waals surface area contributed by atoms with Crippen molar-refractivity contribution in [2.45, 2.75) is 6.92 Å². The van der Waals surface area contributed by atoms with E-state index in [1.54, 1.807) is 18.2 Å². The molecule has 0 radical (unpaired) electrons. The van der Waals surface area contributed by atoms with Crippen LogP contribution in [0, 0.1) is 18.6 Å². The van der Waals surface area contributed by atoms with Crippen molar-refractivity contribution in [1.29, 1.82) is 0 Å². The molecule has 0 saturated carbocycles. The normalized spacial score (nSPS) is 10.4. The zero-order chi connectivity index (χ0) is 14.9. The lowest BCUT2D eigenvalue weighted by Crippen LogP contribution is -2.11. The van der Waals surface area contributed by atoms with Gasteiger partial charge in [0.05, 0.1) is 0 Å². The minimum absolute atomic E-state index is 0.0623. The van der Waals surface area contributed by atoms with E-state index in [-0.39, 0.29) is 16.2 Å². The Balaban J connectivity index is 2.38. The van der Waals surface area contributed by atoms with E-state index in [0.717, 1.165) is 17.7 Å². The van der Waals surface area contributed by atoms with Crippen LogP contribution < -0.4 is 11.1 Å². The molecule has 0 heterocycles. The lowest BCUT2D eigenvalue weighted by molar-refractivity contribution is 0.590. The summed E-state index contributed by atoms with van der Waals surface area (Å²) in [6.07, 6.45) is 0. The summed E-state index contributed by atoms with van der Waals surface area (Å²) in [5.74, 6) is -1.55.